The van der Waals surface area contributed by atoms with E-state index in [1.54, 1.807) is 6.07 Å². The zero-order chi connectivity index (χ0) is 20.1. The molecule has 0 aliphatic carbocycles. The second-order valence-corrected chi connectivity index (χ2v) is 7.25. The van der Waals surface area contributed by atoms with Crippen LogP contribution in [0.3, 0.4) is 0 Å². The van der Waals surface area contributed by atoms with Gasteiger partial charge in [-0.2, -0.15) is 0 Å². The topological polar surface area (TPSA) is 49.9 Å². The molecule has 0 bridgehead atoms. The number of hydrogen-bond acceptors (Lipinski definition) is 4. The van der Waals surface area contributed by atoms with Crippen LogP contribution in [0, 0.1) is 0 Å². The van der Waals surface area contributed by atoms with Crippen molar-refractivity contribution >= 4 is 23.0 Å². The van der Waals surface area contributed by atoms with Gasteiger partial charge in [0.25, 0.3) is 5.91 Å². The summed E-state index contributed by atoms with van der Waals surface area (Å²) in [7, 11) is 0. The molecule has 0 saturated carbocycles. The van der Waals surface area contributed by atoms with E-state index in [0.717, 1.165) is 36.7 Å². The summed E-state index contributed by atoms with van der Waals surface area (Å²) < 4.78 is 5.74. The smallest absolute Gasteiger partial charge is 0.260 e. The zero-order valence-electron chi connectivity index (χ0n) is 16.3. The van der Waals surface area contributed by atoms with E-state index in [1.165, 1.54) is 5.56 Å². The Bertz CT molecular complexity index is 995. The average molecular weight is 388 g/mol. The molecule has 0 unspecified atom stereocenters. The minimum atomic E-state index is -0.0577. The summed E-state index contributed by atoms with van der Waals surface area (Å²) in [6, 6.07) is 21.7. The average Bonchev–Trinajstić information content (AvgIpc) is 2.78. The molecule has 0 spiro atoms. The van der Waals surface area contributed by atoms with Crippen molar-refractivity contribution in [2.24, 2.45) is 0 Å². The Morgan fingerprint density at radius 3 is 2.38 bits per heavy atom. The highest BCUT2D eigenvalue weighted by atomic mass is 16.5. The largest absolute Gasteiger partial charge is 0.483 e. The Balaban J connectivity index is 1.33. The Labute approximate surface area is 170 Å². The molecule has 29 heavy (non-hydrogen) atoms. The monoisotopic (exact) mass is 388 g/mol. The van der Waals surface area contributed by atoms with Gasteiger partial charge in [0.05, 0.1) is 5.56 Å². The number of carbonyl (C=O) groups is 2. The number of amides is 1. The number of fused-ring (bicyclic) bond motifs is 1. The lowest BCUT2D eigenvalue weighted by Gasteiger charge is -2.34. The third-order valence-corrected chi connectivity index (χ3v) is 5.37. The Morgan fingerprint density at radius 2 is 1.62 bits per heavy atom. The highest BCUT2D eigenvalue weighted by molar-refractivity contribution is 6.00. The lowest BCUT2D eigenvalue weighted by molar-refractivity contribution is -0.135. The summed E-state index contributed by atoms with van der Waals surface area (Å²) in [6.07, 6.45) is 0.796. The molecule has 1 heterocycles. The maximum atomic E-state index is 12.6. The van der Waals surface area contributed by atoms with Crippen LogP contribution < -0.4 is 4.74 Å². The molecule has 5 nitrogen and oxygen atoms in total. The van der Waals surface area contributed by atoms with Gasteiger partial charge < -0.3 is 9.64 Å². The lowest BCUT2D eigenvalue weighted by Crippen LogP contribution is -2.49. The minimum absolute atomic E-state index is 0.0469. The van der Waals surface area contributed by atoms with Gasteiger partial charge >= 0.3 is 0 Å². The van der Waals surface area contributed by atoms with E-state index < -0.39 is 0 Å². The summed E-state index contributed by atoms with van der Waals surface area (Å²) in [5.41, 5.74) is 1.77. The van der Waals surface area contributed by atoms with Crippen LogP contribution in [-0.4, -0.2) is 54.8 Å². The zero-order valence-corrected chi connectivity index (χ0v) is 16.3. The van der Waals surface area contributed by atoms with Gasteiger partial charge in [-0.05, 0) is 22.4 Å². The third kappa shape index (κ3) is 4.46. The molecular formula is C24H24N2O3. The standard InChI is InChI=1S/C24H24N2O3/c27-17-22-21-9-5-4-8-20(21)10-11-23(22)29-18-24(28)26-14-12-25(13-15-26)16-19-6-2-1-3-7-19/h1-11,17H,12-16,18H2. The number of aldehydes is 1. The molecule has 1 aliphatic heterocycles. The van der Waals surface area contributed by atoms with E-state index in [9.17, 15) is 9.59 Å². The predicted molar refractivity (Wildman–Crippen MR) is 113 cm³/mol. The van der Waals surface area contributed by atoms with E-state index in [2.05, 4.69) is 17.0 Å². The van der Waals surface area contributed by atoms with Crippen molar-refractivity contribution in [2.45, 2.75) is 6.54 Å². The van der Waals surface area contributed by atoms with Crippen molar-refractivity contribution in [1.82, 2.24) is 9.80 Å². The van der Waals surface area contributed by atoms with E-state index in [0.29, 0.717) is 24.4 Å². The summed E-state index contributed by atoms with van der Waals surface area (Å²) in [4.78, 5) is 28.4. The van der Waals surface area contributed by atoms with Crippen molar-refractivity contribution in [2.75, 3.05) is 32.8 Å². The van der Waals surface area contributed by atoms with Gasteiger partial charge in [-0.15, -0.1) is 0 Å². The molecule has 1 saturated heterocycles. The van der Waals surface area contributed by atoms with Crippen LogP contribution in [-0.2, 0) is 11.3 Å². The summed E-state index contributed by atoms with van der Waals surface area (Å²) >= 11 is 0. The van der Waals surface area contributed by atoms with Gasteiger partial charge in [-0.1, -0.05) is 60.7 Å². The number of carbonyl (C=O) groups excluding carboxylic acids is 2. The van der Waals surface area contributed by atoms with Crippen LogP contribution in [0.2, 0.25) is 0 Å². The summed E-state index contributed by atoms with van der Waals surface area (Å²) in [5.74, 6) is 0.407. The van der Waals surface area contributed by atoms with E-state index in [4.69, 9.17) is 4.74 Å². The van der Waals surface area contributed by atoms with E-state index >= 15 is 0 Å². The Hall–Kier alpha value is -3.18. The molecule has 0 aromatic heterocycles. The second-order valence-electron chi connectivity index (χ2n) is 7.25. The molecule has 3 aromatic rings. The van der Waals surface area contributed by atoms with Crippen LogP contribution in [0.15, 0.2) is 66.7 Å². The Morgan fingerprint density at radius 1 is 0.897 bits per heavy atom. The first-order chi connectivity index (χ1) is 14.2. The number of nitrogens with zero attached hydrogens (tertiary/aromatic N) is 2. The lowest BCUT2D eigenvalue weighted by atomic mass is 10.0. The van der Waals surface area contributed by atoms with Crippen LogP contribution in [0.25, 0.3) is 10.8 Å². The molecule has 3 aromatic carbocycles. The highest BCUT2D eigenvalue weighted by Crippen LogP contribution is 2.26. The van der Waals surface area contributed by atoms with Crippen molar-refractivity contribution in [3.63, 3.8) is 0 Å². The number of benzene rings is 3. The molecular weight excluding hydrogens is 364 g/mol. The van der Waals surface area contributed by atoms with Crippen LogP contribution in [0.4, 0.5) is 0 Å². The summed E-state index contributed by atoms with van der Waals surface area (Å²) in [6.45, 7) is 3.91. The molecule has 148 valence electrons. The fourth-order valence-corrected chi connectivity index (χ4v) is 3.75. The fraction of sp³-hybridized carbons (Fsp3) is 0.250. The first kappa shape index (κ1) is 19.2. The number of hydrogen-bond donors (Lipinski definition) is 0. The van der Waals surface area contributed by atoms with Crippen molar-refractivity contribution in [1.29, 1.82) is 0 Å². The normalized spacial score (nSPS) is 14.7. The van der Waals surface area contributed by atoms with Gasteiger partial charge in [-0.25, -0.2) is 0 Å². The Kier molecular flexibility index (Phi) is 5.86. The molecule has 1 aliphatic rings. The maximum absolute atomic E-state index is 12.6. The maximum Gasteiger partial charge on any atom is 0.260 e. The van der Waals surface area contributed by atoms with Crippen LogP contribution >= 0.6 is 0 Å². The number of ether oxygens (including phenoxy) is 1. The van der Waals surface area contributed by atoms with E-state index in [1.807, 2.05) is 53.4 Å². The van der Waals surface area contributed by atoms with Crippen molar-refractivity contribution < 1.29 is 14.3 Å². The molecule has 0 atom stereocenters. The molecule has 1 fully saturated rings. The molecule has 5 heteroatoms. The molecule has 0 radical (unpaired) electrons. The molecule has 1 amide bonds. The third-order valence-electron chi connectivity index (χ3n) is 5.37. The van der Waals surface area contributed by atoms with Gasteiger partial charge in [0.15, 0.2) is 12.9 Å². The van der Waals surface area contributed by atoms with Gasteiger partial charge in [0, 0.05) is 32.7 Å². The van der Waals surface area contributed by atoms with Crippen LogP contribution in [0.5, 0.6) is 5.75 Å². The van der Waals surface area contributed by atoms with Gasteiger partial charge in [0.2, 0.25) is 0 Å². The van der Waals surface area contributed by atoms with Crippen LogP contribution in [0.1, 0.15) is 15.9 Å². The van der Waals surface area contributed by atoms with E-state index in [-0.39, 0.29) is 12.5 Å². The summed E-state index contributed by atoms with van der Waals surface area (Å²) in [5, 5.41) is 1.81. The minimum Gasteiger partial charge on any atom is -0.483 e. The van der Waals surface area contributed by atoms with Crippen molar-refractivity contribution in [3.8, 4) is 5.75 Å². The SMILES string of the molecule is O=Cc1c(OCC(=O)N2CCN(Cc3ccccc3)CC2)ccc2ccccc12. The number of rotatable bonds is 6. The first-order valence-corrected chi connectivity index (χ1v) is 9.88. The van der Waals surface area contributed by atoms with Gasteiger partial charge in [-0.3, -0.25) is 14.5 Å². The second kappa shape index (κ2) is 8.88. The number of piperazine rings is 1. The van der Waals surface area contributed by atoms with Gasteiger partial charge in [0.1, 0.15) is 5.75 Å². The fourth-order valence-electron chi connectivity index (χ4n) is 3.75. The highest BCUT2D eigenvalue weighted by Gasteiger charge is 2.22. The predicted octanol–water partition coefficient (Wildman–Crippen LogP) is 3.38. The molecule has 0 N–H and O–H groups in total. The quantitative estimate of drug-likeness (QED) is 0.608. The van der Waals surface area contributed by atoms with Crippen molar-refractivity contribution in [3.05, 3.63) is 77.9 Å². The first-order valence-electron chi connectivity index (χ1n) is 9.88. The molecule has 4 rings (SSSR count).